The summed E-state index contributed by atoms with van der Waals surface area (Å²) in [6, 6.07) is 14.1. The second kappa shape index (κ2) is 4.86. The molecule has 1 aromatic carbocycles. The number of benzene rings is 1. The van der Waals surface area contributed by atoms with Gasteiger partial charge in [-0.15, -0.1) is 0 Å². The van der Waals surface area contributed by atoms with Crippen LogP contribution in [0.4, 0.5) is 0 Å². The number of aldehydes is 1. The summed E-state index contributed by atoms with van der Waals surface area (Å²) >= 11 is 0. The molecular weight excluding hydrogens is 286 g/mol. The quantitative estimate of drug-likeness (QED) is 0.699. The molecule has 0 aliphatic carbocycles. The lowest BCUT2D eigenvalue weighted by Crippen LogP contribution is -1.96. The molecule has 0 aliphatic heterocycles. The van der Waals surface area contributed by atoms with Gasteiger partial charge in [0.25, 0.3) is 0 Å². The van der Waals surface area contributed by atoms with Crippen LogP contribution in [0.15, 0.2) is 59.6 Å². The molecule has 0 atom stereocenters. The number of nitrogens with zero attached hydrogens (tertiary/aromatic N) is 1. The number of rotatable bonds is 3. The van der Waals surface area contributed by atoms with E-state index in [-0.39, 0.29) is 4.90 Å². The highest BCUT2D eigenvalue weighted by atomic mass is 32.2. The zero-order chi connectivity index (χ0) is 15.0. The molecule has 0 N–H and O–H groups in total. The fourth-order valence-electron chi connectivity index (χ4n) is 2.38. The molecule has 3 rings (SSSR count). The van der Waals surface area contributed by atoms with Gasteiger partial charge < -0.3 is 4.40 Å². The Bertz CT molecular complexity index is 922. The number of aromatic nitrogens is 1. The van der Waals surface area contributed by atoms with Crippen LogP contribution in [-0.4, -0.2) is 25.4 Å². The lowest BCUT2D eigenvalue weighted by atomic mass is 10.1. The Kier molecular flexibility index (Phi) is 3.14. The molecule has 5 heteroatoms. The topological polar surface area (TPSA) is 55.6 Å². The monoisotopic (exact) mass is 299 g/mol. The second-order valence-electron chi connectivity index (χ2n) is 4.85. The van der Waals surface area contributed by atoms with Crippen molar-refractivity contribution in [2.24, 2.45) is 0 Å². The molecule has 0 bridgehead atoms. The van der Waals surface area contributed by atoms with E-state index in [0.717, 1.165) is 22.9 Å². The maximum atomic E-state index is 11.5. The van der Waals surface area contributed by atoms with Crippen molar-refractivity contribution in [3.63, 3.8) is 0 Å². The number of pyridine rings is 1. The predicted molar refractivity (Wildman–Crippen MR) is 81.3 cm³/mol. The van der Waals surface area contributed by atoms with Crippen LogP contribution in [0, 0.1) is 0 Å². The summed E-state index contributed by atoms with van der Waals surface area (Å²) in [5.74, 6) is 0. The standard InChI is InChI=1S/C16H13NO3S/c1-21(19,20)14-7-5-12(6-8-14)15-10-13-4-2-3-9-17(13)16(15)11-18/h2-11H,1H3. The number of hydrogen-bond acceptors (Lipinski definition) is 3. The molecule has 0 saturated heterocycles. The van der Waals surface area contributed by atoms with Crippen LogP contribution in [0.2, 0.25) is 0 Å². The summed E-state index contributed by atoms with van der Waals surface area (Å²) in [5, 5.41) is 0. The highest BCUT2D eigenvalue weighted by Gasteiger charge is 2.12. The molecule has 0 unspecified atom stereocenters. The van der Waals surface area contributed by atoms with E-state index in [1.54, 1.807) is 24.3 Å². The van der Waals surface area contributed by atoms with E-state index in [9.17, 15) is 13.2 Å². The van der Waals surface area contributed by atoms with Gasteiger partial charge in [0.1, 0.15) is 0 Å². The number of hydrogen-bond donors (Lipinski definition) is 0. The van der Waals surface area contributed by atoms with Gasteiger partial charge in [0.05, 0.1) is 10.6 Å². The average molecular weight is 299 g/mol. The van der Waals surface area contributed by atoms with Crippen molar-refractivity contribution in [1.29, 1.82) is 0 Å². The Morgan fingerprint density at radius 3 is 2.38 bits per heavy atom. The molecule has 0 saturated carbocycles. The summed E-state index contributed by atoms with van der Waals surface area (Å²) in [7, 11) is -3.22. The highest BCUT2D eigenvalue weighted by molar-refractivity contribution is 7.90. The van der Waals surface area contributed by atoms with E-state index in [1.165, 1.54) is 6.26 Å². The summed E-state index contributed by atoms with van der Waals surface area (Å²) in [6.45, 7) is 0. The van der Waals surface area contributed by atoms with Gasteiger partial charge in [0, 0.05) is 23.5 Å². The summed E-state index contributed by atoms with van der Waals surface area (Å²) in [4.78, 5) is 11.7. The van der Waals surface area contributed by atoms with Crippen LogP contribution in [0.1, 0.15) is 10.5 Å². The zero-order valence-electron chi connectivity index (χ0n) is 11.4. The van der Waals surface area contributed by atoms with Gasteiger partial charge in [0.2, 0.25) is 0 Å². The van der Waals surface area contributed by atoms with E-state index in [0.29, 0.717) is 5.69 Å². The van der Waals surface area contributed by atoms with Crippen LogP contribution < -0.4 is 0 Å². The largest absolute Gasteiger partial charge is 0.314 e. The fourth-order valence-corrected chi connectivity index (χ4v) is 3.01. The summed E-state index contributed by atoms with van der Waals surface area (Å²) < 4.78 is 24.8. The molecule has 0 radical (unpaired) electrons. The predicted octanol–water partition coefficient (Wildman–Crippen LogP) is 2.82. The van der Waals surface area contributed by atoms with E-state index in [2.05, 4.69) is 0 Å². The first-order valence-corrected chi connectivity index (χ1v) is 8.25. The van der Waals surface area contributed by atoms with E-state index in [1.807, 2.05) is 34.9 Å². The smallest absolute Gasteiger partial charge is 0.175 e. The van der Waals surface area contributed by atoms with Gasteiger partial charge >= 0.3 is 0 Å². The van der Waals surface area contributed by atoms with Crippen molar-refractivity contribution in [1.82, 2.24) is 4.40 Å². The Labute approximate surface area is 122 Å². The number of carbonyl (C=O) groups is 1. The first-order chi connectivity index (χ1) is 10.0. The van der Waals surface area contributed by atoms with Gasteiger partial charge in [-0.1, -0.05) is 18.2 Å². The third-order valence-electron chi connectivity index (χ3n) is 3.42. The zero-order valence-corrected chi connectivity index (χ0v) is 12.2. The molecule has 21 heavy (non-hydrogen) atoms. The Balaban J connectivity index is 2.18. The van der Waals surface area contributed by atoms with Gasteiger partial charge in [-0.25, -0.2) is 8.42 Å². The van der Waals surface area contributed by atoms with Gasteiger partial charge in [-0.05, 0) is 35.9 Å². The molecule has 2 heterocycles. The van der Waals surface area contributed by atoms with Crippen LogP contribution >= 0.6 is 0 Å². The van der Waals surface area contributed by atoms with Gasteiger partial charge in [-0.2, -0.15) is 0 Å². The Morgan fingerprint density at radius 2 is 1.76 bits per heavy atom. The maximum absolute atomic E-state index is 11.5. The molecule has 0 fully saturated rings. The third kappa shape index (κ3) is 2.36. The molecular formula is C16H13NO3S. The first kappa shape index (κ1) is 13.6. The van der Waals surface area contributed by atoms with E-state index < -0.39 is 9.84 Å². The third-order valence-corrected chi connectivity index (χ3v) is 4.55. The van der Waals surface area contributed by atoms with Crippen molar-refractivity contribution in [3.8, 4) is 11.1 Å². The van der Waals surface area contributed by atoms with Crippen LogP contribution in [-0.2, 0) is 9.84 Å². The van der Waals surface area contributed by atoms with Crippen molar-refractivity contribution >= 4 is 21.6 Å². The van der Waals surface area contributed by atoms with E-state index >= 15 is 0 Å². The number of sulfone groups is 1. The molecule has 4 nitrogen and oxygen atoms in total. The second-order valence-corrected chi connectivity index (χ2v) is 6.87. The van der Waals surface area contributed by atoms with Crippen LogP contribution in [0.5, 0.6) is 0 Å². The Morgan fingerprint density at radius 1 is 1.05 bits per heavy atom. The van der Waals surface area contributed by atoms with Crippen molar-refractivity contribution in [3.05, 3.63) is 60.4 Å². The lowest BCUT2D eigenvalue weighted by Gasteiger charge is -2.02. The normalized spacial score (nSPS) is 11.7. The molecule has 3 aromatic rings. The molecule has 0 aliphatic rings. The first-order valence-electron chi connectivity index (χ1n) is 6.36. The lowest BCUT2D eigenvalue weighted by molar-refractivity contribution is 0.111. The summed E-state index contributed by atoms with van der Waals surface area (Å²) in [5.41, 5.74) is 3.07. The van der Waals surface area contributed by atoms with Gasteiger partial charge in [0.15, 0.2) is 16.1 Å². The number of fused-ring (bicyclic) bond motifs is 1. The molecule has 106 valence electrons. The molecule has 0 amide bonds. The van der Waals surface area contributed by atoms with Crippen molar-refractivity contribution < 1.29 is 13.2 Å². The van der Waals surface area contributed by atoms with E-state index in [4.69, 9.17) is 0 Å². The Hall–Kier alpha value is -2.40. The minimum atomic E-state index is -3.22. The maximum Gasteiger partial charge on any atom is 0.175 e. The van der Waals surface area contributed by atoms with Crippen molar-refractivity contribution in [2.75, 3.05) is 6.26 Å². The summed E-state index contributed by atoms with van der Waals surface area (Å²) in [6.07, 6.45) is 3.81. The van der Waals surface area contributed by atoms with Crippen molar-refractivity contribution in [2.45, 2.75) is 4.90 Å². The minimum absolute atomic E-state index is 0.266. The minimum Gasteiger partial charge on any atom is -0.314 e. The highest BCUT2D eigenvalue weighted by Crippen LogP contribution is 2.27. The molecule has 2 aromatic heterocycles. The molecule has 0 spiro atoms. The SMILES string of the molecule is CS(=O)(=O)c1ccc(-c2cc3ccccn3c2C=O)cc1. The van der Waals surface area contributed by atoms with Crippen LogP contribution in [0.25, 0.3) is 16.6 Å². The number of carbonyl (C=O) groups excluding carboxylic acids is 1. The van der Waals surface area contributed by atoms with Crippen LogP contribution in [0.3, 0.4) is 0 Å². The average Bonchev–Trinajstić information content (AvgIpc) is 2.85. The van der Waals surface area contributed by atoms with Gasteiger partial charge in [-0.3, -0.25) is 4.79 Å². The fraction of sp³-hybridized carbons (Fsp3) is 0.0625.